The van der Waals surface area contributed by atoms with Gasteiger partial charge in [-0.3, -0.25) is 0 Å². The monoisotopic (exact) mass is 257 g/mol. The van der Waals surface area contributed by atoms with Crippen molar-refractivity contribution < 1.29 is 8.42 Å². The topological polar surface area (TPSA) is 37.4 Å². The number of halogens is 1. The molecule has 0 spiro atoms. The molecule has 12 heavy (non-hydrogen) atoms. The molecule has 0 heterocycles. The fourth-order valence-corrected chi connectivity index (χ4v) is 2.14. The molecule has 0 saturated carbocycles. The van der Waals surface area contributed by atoms with Crippen LogP contribution in [0.15, 0.2) is 0 Å². The standard InChI is InChI=1S/C7H16BrNO2S/c1-4-7(8)5-6-12(10,11)9(2)3/h7H,4-6H2,1-3H3. The second-order valence-corrected chi connectivity index (χ2v) is 6.49. The van der Waals surface area contributed by atoms with Gasteiger partial charge in [-0.25, -0.2) is 12.7 Å². The molecule has 0 N–H and O–H groups in total. The van der Waals surface area contributed by atoms with Crippen molar-refractivity contribution in [2.45, 2.75) is 24.6 Å². The van der Waals surface area contributed by atoms with Gasteiger partial charge in [0.2, 0.25) is 10.0 Å². The van der Waals surface area contributed by atoms with Gasteiger partial charge in [0.25, 0.3) is 0 Å². The summed E-state index contributed by atoms with van der Waals surface area (Å²) < 4.78 is 23.8. The van der Waals surface area contributed by atoms with Crippen molar-refractivity contribution in [2.75, 3.05) is 19.8 Å². The second-order valence-electron chi connectivity index (χ2n) is 2.89. The van der Waals surface area contributed by atoms with Crippen LogP contribution >= 0.6 is 15.9 Å². The van der Waals surface area contributed by atoms with E-state index in [-0.39, 0.29) is 5.75 Å². The highest BCUT2D eigenvalue weighted by atomic mass is 79.9. The number of nitrogens with zero attached hydrogens (tertiary/aromatic N) is 1. The molecule has 0 rings (SSSR count). The van der Waals surface area contributed by atoms with E-state index in [1.807, 2.05) is 6.92 Å². The minimum atomic E-state index is -3.00. The zero-order chi connectivity index (χ0) is 9.78. The summed E-state index contributed by atoms with van der Waals surface area (Å²) in [6, 6.07) is 0. The smallest absolute Gasteiger partial charge is 0.212 e. The van der Waals surface area contributed by atoms with E-state index < -0.39 is 10.0 Å². The molecule has 0 saturated heterocycles. The third kappa shape index (κ3) is 4.42. The molecule has 5 heteroatoms. The highest BCUT2D eigenvalue weighted by molar-refractivity contribution is 9.09. The van der Waals surface area contributed by atoms with Crippen molar-refractivity contribution in [2.24, 2.45) is 0 Å². The van der Waals surface area contributed by atoms with Crippen LogP contribution in [0.25, 0.3) is 0 Å². The molecule has 0 aromatic carbocycles. The summed E-state index contributed by atoms with van der Waals surface area (Å²) in [4.78, 5) is 0.312. The molecule has 3 nitrogen and oxygen atoms in total. The van der Waals surface area contributed by atoms with E-state index in [4.69, 9.17) is 0 Å². The molecule has 0 aromatic rings. The van der Waals surface area contributed by atoms with E-state index in [1.54, 1.807) is 14.1 Å². The molecular weight excluding hydrogens is 242 g/mol. The summed E-state index contributed by atoms with van der Waals surface area (Å²) in [6.45, 7) is 2.03. The van der Waals surface area contributed by atoms with Crippen LogP contribution in [0.5, 0.6) is 0 Å². The highest BCUT2D eigenvalue weighted by Gasteiger charge is 2.14. The van der Waals surface area contributed by atoms with Gasteiger partial charge in [0.05, 0.1) is 5.75 Å². The van der Waals surface area contributed by atoms with Crippen LogP contribution in [0.1, 0.15) is 19.8 Å². The maximum absolute atomic E-state index is 11.3. The molecule has 74 valence electrons. The molecule has 1 unspecified atom stereocenters. The first-order valence-corrected chi connectivity index (χ1v) is 6.47. The molecule has 0 amide bonds. The van der Waals surface area contributed by atoms with Crippen molar-refractivity contribution in [1.82, 2.24) is 4.31 Å². The number of sulfonamides is 1. The maximum Gasteiger partial charge on any atom is 0.213 e. The lowest BCUT2D eigenvalue weighted by molar-refractivity contribution is 0.517. The molecule has 0 aromatic heterocycles. The summed E-state index contributed by atoms with van der Waals surface area (Å²) in [7, 11) is 0.120. The van der Waals surface area contributed by atoms with Gasteiger partial charge in [-0.05, 0) is 12.8 Å². The van der Waals surface area contributed by atoms with Crippen LogP contribution in [-0.4, -0.2) is 37.4 Å². The number of rotatable bonds is 5. The van der Waals surface area contributed by atoms with E-state index >= 15 is 0 Å². The van der Waals surface area contributed by atoms with Crippen molar-refractivity contribution in [3.05, 3.63) is 0 Å². The lowest BCUT2D eigenvalue weighted by Gasteiger charge is -2.12. The Morgan fingerprint density at radius 2 is 1.92 bits per heavy atom. The lowest BCUT2D eigenvalue weighted by Crippen LogP contribution is -2.26. The molecule has 0 radical (unpaired) electrons. The quantitative estimate of drug-likeness (QED) is 0.700. The van der Waals surface area contributed by atoms with Crippen molar-refractivity contribution in [1.29, 1.82) is 0 Å². The lowest BCUT2D eigenvalue weighted by atomic mass is 10.3. The molecule has 0 aliphatic rings. The fourth-order valence-electron chi connectivity index (χ4n) is 0.664. The summed E-state index contributed by atoms with van der Waals surface area (Å²) in [5.41, 5.74) is 0. The van der Waals surface area contributed by atoms with E-state index in [0.29, 0.717) is 11.2 Å². The van der Waals surface area contributed by atoms with Crippen LogP contribution < -0.4 is 0 Å². The summed E-state index contributed by atoms with van der Waals surface area (Å²) in [5, 5.41) is 0. The van der Waals surface area contributed by atoms with Crippen molar-refractivity contribution >= 4 is 26.0 Å². The van der Waals surface area contributed by atoms with E-state index in [9.17, 15) is 8.42 Å². The first-order chi connectivity index (χ1) is 5.40. The van der Waals surface area contributed by atoms with Crippen molar-refractivity contribution in [3.63, 3.8) is 0 Å². The van der Waals surface area contributed by atoms with E-state index in [1.165, 1.54) is 4.31 Å². The Hall–Kier alpha value is 0.390. The normalized spacial score (nSPS) is 15.1. The van der Waals surface area contributed by atoms with Crippen LogP contribution in [0, 0.1) is 0 Å². The van der Waals surface area contributed by atoms with Gasteiger partial charge in [-0.15, -0.1) is 0 Å². The Morgan fingerprint density at radius 1 is 1.42 bits per heavy atom. The van der Waals surface area contributed by atoms with Gasteiger partial charge in [0, 0.05) is 18.9 Å². The minimum absolute atomic E-state index is 0.226. The van der Waals surface area contributed by atoms with Crippen LogP contribution in [0.2, 0.25) is 0 Å². The van der Waals surface area contributed by atoms with Crippen LogP contribution in [0.3, 0.4) is 0 Å². The Bertz CT molecular complexity index is 213. The largest absolute Gasteiger partial charge is 0.213 e. The number of alkyl halides is 1. The van der Waals surface area contributed by atoms with Gasteiger partial charge in [0.1, 0.15) is 0 Å². The van der Waals surface area contributed by atoms with Crippen LogP contribution in [0.4, 0.5) is 0 Å². The second kappa shape index (κ2) is 5.19. The average molecular weight is 258 g/mol. The van der Waals surface area contributed by atoms with Crippen molar-refractivity contribution in [3.8, 4) is 0 Å². The molecule has 1 atom stereocenters. The molecule has 0 fully saturated rings. The maximum atomic E-state index is 11.3. The third-order valence-corrected chi connectivity index (χ3v) is 4.66. The summed E-state index contributed by atoms with van der Waals surface area (Å²) >= 11 is 3.40. The predicted molar refractivity (Wildman–Crippen MR) is 55.1 cm³/mol. The minimum Gasteiger partial charge on any atom is -0.212 e. The Morgan fingerprint density at radius 3 is 2.25 bits per heavy atom. The first-order valence-electron chi connectivity index (χ1n) is 3.94. The highest BCUT2D eigenvalue weighted by Crippen LogP contribution is 2.11. The number of hydrogen-bond donors (Lipinski definition) is 0. The molecule has 0 aliphatic heterocycles. The van der Waals surface area contributed by atoms with Gasteiger partial charge in [-0.1, -0.05) is 22.9 Å². The zero-order valence-electron chi connectivity index (χ0n) is 7.75. The third-order valence-electron chi connectivity index (χ3n) is 1.69. The Balaban J connectivity index is 3.94. The Labute approximate surface area is 83.3 Å². The fraction of sp³-hybridized carbons (Fsp3) is 1.00. The van der Waals surface area contributed by atoms with Crippen LogP contribution in [-0.2, 0) is 10.0 Å². The summed E-state index contributed by atoms with van der Waals surface area (Å²) in [6.07, 6.45) is 1.64. The summed E-state index contributed by atoms with van der Waals surface area (Å²) in [5.74, 6) is 0.226. The van der Waals surface area contributed by atoms with Gasteiger partial charge < -0.3 is 0 Å². The van der Waals surface area contributed by atoms with Gasteiger partial charge in [0.15, 0.2) is 0 Å². The SMILES string of the molecule is CCC(Br)CCS(=O)(=O)N(C)C. The average Bonchev–Trinajstić information content (AvgIpc) is 2.00. The molecule has 0 bridgehead atoms. The zero-order valence-corrected chi connectivity index (χ0v) is 10.2. The van der Waals surface area contributed by atoms with E-state index in [2.05, 4.69) is 15.9 Å². The predicted octanol–water partition coefficient (Wildman–Crippen LogP) is 1.44. The Kier molecular flexibility index (Phi) is 5.36. The molecular formula is C7H16BrNO2S. The van der Waals surface area contributed by atoms with E-state index in [0.717, 1.165) is 6.42 Å². The van der Waals surface area contributed by atoms with Gasteiger partial charge in [-0.2, -0.15) is 0 Å². The first kappa shape index (κ1) is 12.4. The number of hydrogen-bond acceptors (Lipinski definition) is 2. The van der Waals surface area contributed by atoms with Gasteiger partial charge >= 0.3 is 0 Å². The molecule has 0 aliphatic carbocycles.